The van der Waals surface area contributed by atoms with Crippen LogP contribution < -0.4 is 14.8 Å². The smallest absolute Gasteiger partial charge is 0.395 e. The molecule has 128 valence electrons. The van der Waals surface area contributed by atoms with Gasteiger partial charge in [0, 0.05) is 5.56 Å². The molecular weight excluding hydrogens is 354 g/mol. The Kier molecular flexibility index (Phi) is 3.31. The standard InChI is InChI=1S/C17H11ClF2N2O3/c1-9-2-5-13(21-14(9)18)22-15(23)16(6-7-16)10-3-4-11-12(8-10)25-17(19,20)24-11/h3-4,8H,6-7H2,1H3,(H,21,22,23). The highest BCUT2D eigenvalue weighted by molar-refractivity contribution is 6.30. The molecule has 0 spiro atoms. The Bertz CT molecular complexity index is 884. The van der Waals surface area contributed by atoms with Gasteiger partial charge in [0.1, 0.15) is 5.15 Å². The summed E-state index contributed by atoms with van der Waals surface area (Å²) in [6.45, 7) is 1.72. The van der Waals surface area contributed by atoms with Crippen molar-refractivity contribution in [2.45, 2.75) is 31.5 Å². The molecule has 1 aromatic carbocycles. The number of hydrogen-bond donors (Lipinski definition) is 1. The summed E-state index contributed by atoms with van der Waals surface area (Å²) < 4.78 is 35.1. The Labute approximate surface area is 146 Å². The summed E-state index contributed by atoms with van der Waals surface area (Å²) in [5.41, 5.74) is 0.383. The summed E-state index contributed by atoms with van der Waals surface area (Å²) in [6, 6.07) is 9.86. The van der Waals surface area contributed by atoms with Crippen molar-refractivity contribution >= 4 is 23.3 Å². The van der Waals surface area contributed by atoms with Crippen LogP contribution >= 0.6 is 11.6 Å². The van der Waals surface area contributed by atoms with Crippen LogP contribution in [-0.4, -0.2) is 17.2 Å². The fourth-order valence-corrected chi connectivity index (χ4v) is 2.85. The Morgan fingerprint density at radius 2 is 2.00 bits per heavy atom. The average molecular weight is 365 g/mol. The van der Waals surface area contributed by atoms with E-state index in [4.69, 9.17) is 11.6 Å². The predicted molar refractivity (Wildman–Crippen MR) is 83.8 cm³/mol. The van der Waals surface area contributed by atoms with Gasteiger partial charge in [0.15, 0.2) is 17.3 Å². The zero-order valence-corrected chi connectivity index (χ0v) is 13.7. The molecule has 2 aromatic rings. The van der Waals surface area contributed by atoms with Crippen LogP contribution in [0.25, 0.3) is 0 Å². The topological polar surface area (TPSA) is 60.5 Å². The Morgan fingerprint density at radius 1 is 1.28 bits per heavy atom. The first-order chi connectivity index (χ1) is 11.8. The van der Waals surface area contributed by atoms with Crippen LogP contribution in [-0.2, 0) is 10.2 Å². The SMILES string of the molecule is Cc1c#cc(NC(=O)C2(c3ccc4c(c3)OC(F)(F)O4)CC2)nc1Cl. The third-order valence-electron chi connectivity index (χ3n) is 4.26. The van der Waals surface area contributed by atoms with Gasteiger partial charge in [0.05, 0.1) is 5.41 Å². The first kappa shape index (κ1) is 15.9. The number of carbonyl (C=O) groups excluding carboxylic acids is 1. The normalized spacial score (nSPS) is 18.4. The lowest BCUT2D eigenvalue weighted by molar-refractivity contribution is -0.286. The molecule has 1 aromatic heterocycles. The second kappa shape index (κ2) is 5.20. The van der Waals surface area contributed by atoms with Crippen molar-refractivity contribution in [1.29, 1.82) is 0 Å². The number of halogens is 3. The van der Waals surface area contributed by atoms with Gasteiger partial charge in [0.25, 0.3) is 0 Å². The molecule has 1 fully saturated rings. The van der Waals surface area contributed by atoms with Gasteiger partial charge < -0.3 is 14.8 Å². The van der Waals surface area contributed by atoms with Crippen molar-refractivity contribution in [2.24, 2.45) is 0 Å². The largest absolute Gasteiger partial charge is 0.586 e. The maximum Gasteiger partial charge on any atom is 0.586 e. The molecule has 1 aliphatic carbocycles. The van der Waals surface area contributed by atoms with E-state index < -0.39 is 11.7 Å². The third kappa shape index (κ3) is 2.72. The van der Waals surface area contributed by atoms with Gasteiger partial charge in [0.2, 0.25) is 5.91 Å². The zero-order valence-electron chi connectivity index (χ0n) is 13.0. The van der Waals surface area contributed by atoms with Gasteiger partial charge in [-0.3, -0.25) is 4.79 Å². The summed E-state index contributed by atoms with van der Waals surface area (Å²) >= 11 is 5.92. The highest BCUT2D eigenvalue weighted by Gasteiger charge is 2.53. The number of aromatic nitrogens is 1. The molecular formula is C17H11ClF2N2O3. The molecule has 0 unspecified atom stereocenters. The Morgan fingerprint density at radius 3 is 2.68 bits per heavy atom. The molecule has 2 aliphatic rings. The number of nitrogens with zero attached hydrogens (tertiary/aromatic N) is 1. The van der Waals surface area contributed by atoms with Crippen molar-refractivity contribution < 1.29 is 23.0 Å². The van der Waals surface area contributed by atoms with E-state index in [9.17, 15) is 13.6 Å². The highest BCUT2D eigenvalue weighted by Crippen LogP contribution is 2.52. The van der Waals surface area contributed by atoms with Crippen LogP contribution in [0.1, 0.15) is 24.0 Å². The lowest BCUT2D eigenvalue weighted by Crippen LogP contribution is -2.28. The molecule has 2 heterocycles. The van der Waals surface area contributed by atoms with Crippen molar-refractivity contribution in [3.8, 4) is 11.5 Å². The third-order valence-corrected chi connectivity index (χ3v) is 4.63. The fraction of sp³-hybridized carbons (Fsp3) is 0.294. The van der Waals surface area contributed by atoms with E-state index in [0.717, 1.165) is 0 Å². The van der Waals surface area contributed by atoms with E-state index in [1.165, 1.54) is 12.1 Å². The van der Waals surface area contributed by atoms with Crippen LogP contribution in [0.5, 0.6) is 11.5 Å². The molecule has 8 heteroatoms. The summed E-state index contributed by atoms with van der Waals surface area (Å²) in [6.07, 6.45) is -2.52. The number of amides is 1. The molecule has 1 amide bonds. The highest BCUT2D eigenvalue weighted by atomic mass is 35.5. The molecule has 1 saturated carbocycles. The Balaban J connectivity index is 1.58. The monoisotopic (exact) mass is 364 g/mol. The number of fused-ring (bicyclic) bond motifs is 1. The number of ether oxygens (including phenoxy) is 2. The lowest BCUT2D eigenvalue weighted by Gasteiger charge is -2.15. The van der Waals surface area contributed by atoms with Crippen molar-refractivity contribution in [3.63, 3.8) is 0 Å². The second-order valence-electron chi connectivity index (χ2n) is 5.99. The number of carbonyl (C=O) groups is 1. The average Bonchev–Trinajstić information content (AvgIpc) is 3.28. The van der Waals surface area contributed by atoms with Crippen molar-refractivity contribution in [2.75, 3.05) is 5.32 Å². The van der Waals surface area contributed by atoms with Gasteiger partial charge in [-0.25, -0.2) is 4.98 Å². The minimum absolute atomic E-state index is 0.0557. The number of hydrogen-bond acceptors (Lipinski definition) is 4. The van der Waals surface area contributed by atoms with Gasteiger partial charge in [-0.05, 0) is 43.5 Å². The molecule has 1 aliphatic heterocycles. The Hall–Kier alpha value is -2.59. The van der Waals surface area contributed by atoms with E-state index in [1.54, 1.807) is 13.0 Å². The van der Waals surface area contributed by atoms with E-state index in [0.29, 0.717) is 24.0 Å². The van der Waals surface area contributed by atoms with E-state index in [1.807, 2.05) is 0 Å². The molecule has 1 N–H and O–H groups in total. The maximum absolute atomic E-state index is 13.1. The first-order valence-electron chi connectivity index (χ1n) is 7.48. The van der Waals surface area contributed by atoms with Crippen molar-refractivity contribution in [3.05, 3.63) is 46.6 Å². The molecule has 0 saturated heterocycles. The predicted octanol–water partition coefficient (Wildman–Crippen LogP) is 3.64. The van der Waals surface area contributed by atoms with E-state index in [-0.39, 0.29) is 28.4 Å². The molecule has 0 radical (unpaired) electrons. The number of benzene rings is 1. The second-order valence-corrected chi connectivity index (χ2v) is 6.35. The van der Waals surface area contributed by atoms with E-state index >= 15 is 0 Å². The molecule has 25 heavy (non-hydrogen) atoms. The van der Waals surface area contributed by atoms with Crippen LogP contribution in [0.15, 0.2) is 18.2 Å². The summed E-state index contributed by atoms with van der Waals surface area (Å²) in [5, 5.41) is 2.88. The van der Waals surface area contributed by atoms with Gasteiger partial charge in [-0.15, -0.1) is 8.78 Å². The zero-order chi connectivity index (χ0) is 17.8. The van der Waals surface area contributed by atoms with Crippen molar-refractivity contribution in [1.82, 2.24) is 4.98 Å². The fourth-order valence-electron chi connectivity index (χ4n) is 2.72. The molecule has 4 rings (SSSR count). The van der Waals surface area contributed by atoms with Gasteiger partial charge in [-0.2, -0.15) is 0 Å². The van der Waals surface area contributed by atoms with Gasteiger partial charge >= 0.3 is 6.29 Å². The van der Waals surface area contributed by atoms with Crippen LogP contribution in [0.3, 0.4) is 0 Å². The summed E-state index contributed by atoms with van der Waals surface area (Å²) in [7, 11) is 0. The molecule has 0 atom stereocenters. The van der Waals surface area contributed by atoms with Gasteiger partial charge in [-0.1, -0.05) is 23.7 Å². The number of nitrogens with one attached hydrogen (secondary N) is 1. The number of alkyl halides is 2. The van der Waals surface area contributed by atoms with Crippen LogP contribution in [0.4, 0.5) is 14.6 Å². The lowest BCUT2D eigenvalue weighted by atomic mass is 9.94. The summed E-state index contributed by atoms with van der Waals surface area (Å²) in [5.74, 6) is -0.285. The number of anilines is 1. The maximum atomic E-state index is 13.1. The summed E-state index contributed by atoms with van der Waals surface area (Å²) in [4.78, 5) is 16.7. The van der Waals surface area contributed by atoms with E-state index in [2.05, 4.69) is 31.9 Å². The minimum atomic E-state index is -3.69. The van der Waals surface area contributed by atoms with Crippen LogP contribution in [0.2, 0.25) is 5.15 Å². The quantitative estimate of drug-likeness (QED) is 0.903. The molecule has 0 bridgehead atoms. The number of rotatable bonds is 3. The first-order valence-corrected chi connectivity index (χ1v) is 7.86. The minimum Gasteiger partial charge on any atom is -0.395 e. The molecule has 5 nitrogen and oxygen atoms in total. The van der Waals surface area contributed by atoms with Crippen LogP contribution in [0, 0.1) is 19.1 Å².